The molecule has 0 saturated carbocycles. The number of aryl methyl sites for hydroxylation is 1. The van der Waals surface area contributed by atoms with Crippen LogP contribution in [0.3, 0.4) is 0 Å². The SMILES string of the molecule is CCc1ccc(-c2cnn(C(F)(F)F)c2)cc1. The fraction of sp³-hybridized carbons (Fsp3) is 0.250. The summed E-state index contributed by atoms with van der Waals surface area (Å²) in [5.41, 5.74) is 2.35. The van der Waals surface area contributed by atoms with Gasteiger partial charge in [0.25, 0.3) is 0 Å². The van der Waals surface area contributed by atoms with Gasteiger partial charge in [-0.3, -0.25) is 0 Å². The van der Waals surface area contributed by atoms with Gasteiger partial charge in [-0.2, -0.15) is 9.78 Å². The van der Waals surface area contributed by atoms with Gasteiger partial charge in [0, 0.05) is 11.8 Å². The number of hydrogen-bond acceptors (Lipinski definition) is 1. The molecule has 5 heteroatoms. The van der Waals surface area contributed by atoms with Gasteiger partial charge in [-0.1, -0.05) is 31.2 Å². The van der Waals surface area contributed by atoms with Crippen LogP contribution in [0.1, 0.15) is 12.5 Å². The third kappa shape index (κ3) is 2.49. The summed E-state index contributed by atoms with van der Waals surface area (Å²) in [5.74, 6) is 0. The van der Waals surface area contributed by atoms with E-state index in [0.717, 1.165) is 23.7 Å². The summed E-state index contributed by atoms with van der Waals surface area (Å²) in [6.07, 6.45) is -1.35. The Hall–Kier alpha value is -1.78. The Balaban J connectivity index is 2.30. The maximum Gasteiger partial charge on any atom is 0.504 e. The number of nitrogens with zero attached hydrogens (tertiary/aromatic N) is 2. The second-order valence-corrected chi connectivity index (χ2v) is 3.69. The van der Waals surface area contributed by atoms with E-state index < -0.39 is 6.30 Å². The second-order valence-electron chi connectivity index (χ2n) is 3.69. The molecule has 0 spiro atoms. The van der Waals surface area contributed by atoms with E-state index in [1.54, 1.807) is 12.1 Å². The van der Waals surface area contributed by atoms with E-state index in [4.69, 9.17) is 0 Å². The van der Waals surface area contributed by atoms with Gasteiger partial charge in [-0.25, -0.2) is 0 Å². The van der Waals surface area contributed by atoms with Gasteiger partial charge >= 0.3 is 6.30 Å². The first-order chi connectivity index (χ1) is 8.00. The molecule has 0 amide bonds. The molecule has 0 N–H and O–H groups in total. The number of rotatable bonds is 2. The third-order valence-electron chi connectivity index (χ3n) is 2.54. The molecule has 2 rings (SSSR count). The molecule has 0 saturated heterocycles. The van der Waals surface area contributed by atoms with Crippen molar-refractivity contribution >= 4 is 0 Å². The van der Waals surface area contributed by atoms with Crippen LogP contribution in [-0.4, -0.2) is 9.78 Å². The molecule has 2 nitrogen and oxygen atoms in total. The van der Waals surface area contributed by atoms with Gasteiger partial charge in [-0.05, 0) is 17.5 Å². The fourth-order valence-corrected chi connectivity index (χ4v) is 1.54. The molecule has 17 heavy (non-hydrogen) atoms. The quantitative estimate of drug-likeness (QED) is 0.784. The average Bonchev–Trinajstić information content (AvgIpc) is 2.78. The fourth-order valence-electron chi connectivity index (χ4n) is 1.54. The summed E-state index contributed by atoms with van der Waals surface area (Å²) in [5, 5.41) is 3.30. The molecule has 2 aromatic rings. The van der Waals surface area contributed by atoms with Crippen molar-refractivity contribution in [3.8, 4) is 11.1 Å². The molecule has 0 aliphatic heterocycles. The predicted molar refractivity (Wildman–Crippen MR) is 58.3 cm³/mol. The highest BCUT2D eigenvalue weighted by Crippen LogP contribution is 2.25. The molecule has 0 radical (unpaired) electrons. The van der Waals surface area contributed by atoms with Gasteiger partial charge in [0.05, 0.1) is 6.20 Å². The van der Waals surface area contributed by atoms with Crippen LogP contribution in [0, 0.1) is 0 Å². The van der Waals surface area contributed by atoms with Crippen LogP contribution in [0.2, 0.25) is 0 Å². The number of hydrogen-bond donors (Lipinski definition) is 0. The molecule has 1 heterocycles. The summed E-state index contributed by atoms with van der Waals surface area (Å²) < 4.78 is 37.0. The first-order valence-electron chi connectivity index (χ1n) is 5.22. The molecular formula is C12H11F3N2. The molecule has 0 bridgehead atoms. The molecule has 0 unspecified atom stereocenters. The summed E-state index contributed by atoms with van der Waals surface area (Å²) in [7, 11) is 0. The van der Waals surface area contributed by atoms with E-state index in [9.17, 15) is 13.2 Å². The molecule has 0 atom stereocenters. The van der Waals surface area contributed by atoms with Crippen LogP contribution in [0.25, 0.3) is 11.1 Å². The monoisotopic (exact) mass is 240 g/mol. The lowest BCUT2D eigenvalue weighted by molar-refractivity contribution is -0.212. The maximum absolute atomic E-state index is 12.3. The van der Waals surface area contributed by atoms with Crippen molar-refractivity contribution in [2.75, 3.05) is 0 Å². The standard InChI is InChI=1S/C12H11F3N2/c1-2-9-3-5-10(6-4-9)11-7-16-17(8-11)12(13,14)15/h3-8H,2H2,1H3. The Morgan fingerprint density at radius 1 is 1.12 bits per heavy atom. The third-order valence-corrected chi connectivity index (χ3v) is 2.54. The van der Waals surface area contributed by atoms with E-state index in [0.29, 0.717) is 5.56 Å². The molecule has 1 aromatic carbocycles. The van der Waals surface area contributed by atoms with Crippen molar-refractivity contribution in [2.24, 2.45) is 0 Å². The van der Waals surface area contributed by atoms with Crippen molar-refractivity contribution < 1.29 is 13.2 Å². The van der Waals surface area contributed by atoms with Gasteiger partial charge in [0.2, 0.25) is 0 Å². The lowest BCUT2D eigenvalue weighted by atomic mass is 10.1. The van der Waals surface area contributed by atoms with E-state index in [2.05, 4.69) is 5.10 Å². The normalized spacial score (nSPS) is 11.8. The van der Waals surface area contributed by atoms with Crippen molar-refractivity contribution in [3.63, 3.8) is 0 Å². The smallest absolute Gasteiger partial charge is 0.178 e. The number of aromatic nitrogens is 2. The topological polar surface area (TPSA) is 17.8 Å². The largest absolute Gasteiger partial charge is 0.504 e. The van der Waals surface area contributed by atoms with Gasteiger partial charge in [0.15, 0.2) is 0 Å². The summed E-state index contributed by atoms with van der Waals surface area (Å²) in [4.78, 5) is 0. The van der Waals surface area contributed by atoms with E-state index in [1.165, 1.54) is 6.20 Å². The highest BCUT2D eigenvalue weighted by molar-refractivity contribution is 5.61. The predicted octanol–water partition coefficient (Wildman–Crippen LogP) is 3.59. The lowest BCUT2D eigenvalue weighted by Gasteiger charge is -2.04. The Morgan fingerprint density at radius 2 is 1.76 bits per heavy atom. The number of alkyl halides is 3. The molecular weight excluding hydrogens is 229 g/mol. The molecule has 90 valence electrons. The Labute approximate surface area is 96.7 Å². The first-order valence-corrected chi connectivity index (χ1v) is 5.22. The minimum atomic E-state index is -4.46. The minimum Gasteiger partial charge on any atom is -0.178 e. The summed E-state index contributed by atoms with van der Waals surface area (Å²) in [6, 6.07) is 7.41. The van der Waals surface area contributed by atoms with Crippen molar-refractivity contribution in [3.05, 3.63) is 42.2 Å². The highest BCUT2D eigenvalue weighted by atomic mass is 19.4. The van der Waals surface area contributed by atoms with Gasteiger partial charge in [0.1, 0.15) is 0 Å². The van der Waals surface area contributed by atoms with Crippen molar-refractivity contribution in [1.82, 2.24) is 9.78 Å². The minimum absolute atomic E-state index is 0.00999. The second kappa shape index (κ2) is 4.24. The number of benzene rings is 1. The molecule has 0 aliphatic rings. The Bertz CT molecular complexity index is 497. The first kappa shape index (κ1) is 11.7. The van der Waals surface area contributed by atoms with E-state index in [1.807, 2.05) is 19.1 Å². The van der Waals surface area contributed by atoms with Crippen LogP contribution < -0.4 is 0 Å². The van der Waals surface area contributed by atoms with Crippen LogP contribution in [0.4, 0.5) is 13.2 Å². The van der Waals surface area contributed by atoms with E-state index >= 15 is 0 Å². The van der Waals surface area contributed by atoms with Crippen LogP contribution in [0.5, 0.6) is 0 Å². The summed E-state index contributed by atoms with van der Waals surface area (Å²) in [6.45, 7) is 2.02. The molecule has 0 aliphatic carbocycles. The summed E-state index contributed by atoms with van der Waals surface area (Å²) >= 11 is 0. The Kier molecular flexibility index (Phi) is 2.92. The molecule has 1 aromatic heterocycles. The van der Waals surface area contributed by atoms with Crippen LogP contribution in [-0.2, 0) is 12.7 Å². The molecule has 0 fully saturated rings. The van der Waals surface area contributed by atoms with Gasteiger partial charge < -0.3 is 0 Å². The van der Waals surface area contributed by atoms with Crippen LogP contribution in [0.15, 0.2) is 36.7 Å². The Morgan fingerprint density at radius 3 is 2.24 bits per heavy atom. The maximum atomic E-state index is 12.3. The van der Waals surface area contributed by atoms with Crippen molar-refractivity contribution in [2.45, 2.75) is 19.6 Å². The zero-order valence-electron chi connectivity index (χ0n) is 9.20. The van der Waals surface area contributed by atoms with E-state index in [-0.39, 0.29) is 4.68 Å². The van der Waals surface area contributed by atoms with Crippen molar-refractivity contribution in [1.29, 1.82) is 0 Å². The van der Waals surface area contributed by atoms with Gasteiger partial charge in [-0.15, -0.1) is 13.2 Å². The average molecular weight is 240 g/mol. The highest BCUT2D eigenvalue weighted by Gasteiger charge is 2.31. The number of halogens is 3. The zero-order valence-corrected chi connectivity index (χ0v) is 9.20. The van der Waals surface area contributed by atoms with Crippen LogP contribution >= 0.6 is 0 Å². The lowest BCUT2D eigenvalue weighted by Crippen LogP contribution is -2.16. The zero-order chi connectivity index (χ0) is 12.5.